The van der Waals surface area contributed by atoms with Gasteiger partial charge in [-0.1, -0.05) is 79.6 Å². The number of rotatable bonds is 4. The van der Waals surface area contributed by atoms with Crippen LogP contribution in [0, 0.1) is 29.6 Å². The zero-order chi connectivity index (χ0) is 18.5. The number of aryl methyl sites for hydroxylation is 2. The summed E-state index contributed by atoms with van der Waals surface area (Å²) in [6.45, 7) is 4.19. The summed E-state index contributed by atoms with van der Waals surface area (Å²) in [5.41, 5.74) is 6.85. The summed E-state index contributed by atoms with van der Waals surface area (Å²) < 4.78 is 0. The molecule has 0 aliphatic carbocycles. The van der Waals surface area contributed by atoms with E-state index in [2.05, 4.69) is 31.2 Å². The first-order valence-electron chi connectivity index (χ1n) is 8.81. The molecule has 0 saturated carbocycles. The average molecular weight is 336 g/mol. The highest BCUT2D eigenvalue weighted by atomic mass is 14.3. The molecule has 0 radical (unpaired) electrons. The molecule has 126 valence electrons. The fourth-order valence-corrected chi connectivity index (χ4v) is 3.19. The third-order valence-electron chi connectivity index (χ3n) is 4.60. The Hall–Kier alpha value is -3.36. The second-order valence-electron chi connectivity index (χ2n) is 6.45. The summed E-state index contributed by atoms with van der Waals surface area (Å²) in [5, 5.41) is 19.5. The monoisotopic (exact) mass is 336 g/mol. The Morgan fingerprint density at radius 1 is 0.692 bits per heavy atom. The summed E-state index contributed by atoms with van der Waals surface area (Å²) in [6.07, 6.45) is 2.15. The molecule has 0 aliphatic heterocycles. The Kier molecular flexibility index (Phi) is 5.16. The second kappa shape index (κ2) is 7.68. The van der Waals surface area contributed by atoms with Crippen LogP contribution in [0.2, 0.25) is 0 Å². The summed E-state index contributed by atoms with van der Waals surface area (Å²) in [7, 11) is 0. The van der Waals surface area contributed by atoms with Crippen LogP contribution in [0.1, 0.15) is 35.6 Å². The van der Waals surface area contributed by atoms with Crippen molar-refractivity contribution in [1.82, 2.24) is 0 Å². The van der Waals surface area contributed by atoms with Crippen LogP contribution in [0.3, 0.4) is 0 Å². The van der Waals surface area contributed by atoms with Crippen molar-refractivity contribution in [2.24, 2.45) is 0 Å². The van der Waals surface area contributed by atoms with Gasteiger partial charge in [-0.25, -0.2) is 0 Å². The SMILES string of the molecule is CCCc1ccc(-c2ccc(-c3ccc(C)cc3)c(C#N)c2C#N)cc1. The van der Waals surface area contributed by atoms with Crippen molar-refractivity contribution in [3.8, 4) is 34.4 Å². The lowest BCUT2D eigenvalue weighted by molar-refractivity contribution is 0.922. The van der Waals surface area contributed by atoms with Gasteiger partial charge in [-0.05, 0) is 30.0 Å². The Morgan fingerprint density at radius 3 is 1.58 bits per heavy atom. The molecule has 0 aliphatic rings. The minimum atomic E-state index is 0.437. The molecular weight excluding hydrogens is 316 g/mol. The van der Waals surface area contributed by atoms with Crippen molar-refractivity contribution in [3.63, 3.8) is 0 Å². The summed E-state index contributed by atoms with van der Waals surface area (Å²) in [5.74, 6) is 0. The van der Waals surface area contributed by atoms with Gasteiger partial charge in [0, 0.05) is 11.1 Å². The van der Waals surface area contributed by atoms with Crippen LogP contribution < -0.4 is 0 Å². The maximum Gasteiger partial charge on any atom is 0.101 e. The quantitative estimate of drug-likeness (QED) is 0.584. The van der Waals surface area contributed by atoms with Gasteiger partial charge in [-0.15, -0.1) is 0 Å². The Morgan fingerprint density at radius 2 is 1.15 bits per heavy atom. The molecule has 2 nitrogen and oxygen atoms in total. The van der Waals surface area contributed by atoms with Gasteiger partial charge >= 0.3 is 0 Å². The minimum absolute atomic E-state index is 0.437. The van der Waals surface area contributed by atoms with Gasteiger partial charge in [-0.3, -0.25) is 0 Å². The first-order valence-corrected chi connectivity index (χ1v) is 8.81. The molecule has 0 spiro atoms. The van der Waals surface area contributed by atoms with Crippen LogP contribution in [-0.2, 0) is 6.42 Å². The van der Waals surface area contributed by atoms with E-state index in [9.17, 15) is 10.5 Å². The highest BCUT2D eigenvalue weighted by Crippen LogP contribution is 2.33. The van der Waals surface area contributed by atoms with Crippen molar-refractivity contribution >= 4 is 0 Å². The van der Waals surface area contributed by atoms with Gasteiger partial charge in [0.2, 0.25) is 0 Å². The van der Waals surface area contributed by atoms with Crippen LogP contribution in [0.15, 0.2) is 60.7 Å². The van der Waals surface area contributed by atoms with Crippen molar-refractivity contribution in [2.45, 2.75) is 26.7 Å². The van der Waals surface area contributed by atoms with E-state index in [4.69, 9.17) is 0 Å². The lowest BCUT2D eigenvalue weighted by atomic mass is 9.89. The molecule has 0 N–H and O–H groups in total. The van der Waals surface area contributed by atoms with Gasteiger partial charge < -0.3 is 0 Å². The van der Waals surface area contributed by atoms with E-state index in [1.54, 1.807) is 0 Å². The molecule has 0 aromatic heterocycles. The number of hydrogen-bond acceptors (Lipinski definition) is 2. The van der Waals surface area contributed by atoms with Crippen LogP contribution in [-0.4, -0.2) is 0 Å². The predicted molar refractivity (Wildman–Crippen MR) is 105 cm³/mol. The van der Waals surface area contributed by atoms with E-state index in [-0.39, 0.29) is 0 Å². The maximum atomic E-state index is 9.74. The standard InChI is InChI=1S/C24H20N2/c1-3-4-18-7-11-20(12-8-18)22-14-13-21(23(15-25)24(22)16-26)19-9-5-17(2)6-10-19/h5-14H,3-4H2,1-2H3. The van der Waals surface area contributed by atoms with Gasteiger partial charge in [0.25, 0.3) is 0 Å². The molecule has 2 heteroatoms. The summed E-state index contributed by atoms with van der Waals surface area (Å²) in [4.78, 5) is 0. The highest BCUT2D eigenvalue weighted by molar-refractivity contribution is 5.82. The first-order chi connectivity index (χ1) is 12.7. The minimum Gasteiger partial charge on any atom is -0.192 e. The molecule has 3 rings (SSSR count). The molecule has 0 bridgehead atoms. The van der Waals surface area contributed by atoms with E-state index < -0.39 is 0 Å². The van der Waals surface area contributed by atoms with Crippen molar-refractivity contribution < 1.29 is 0 Å². The number of benzene rings is 3. The van der Waals surface area contributed by atoms with E-state index in [0.717, 1.165) is 40.7 Å². The van der Waals surface area contributed by atoms with Crippen molar-refractivity contribution in [2.75, 3.05) is 0 Å². The van der Waals surface area contributed by atoms with Crippen LogP contribution in [0.25, 0.3) is 22.3 Å². The van der Waals surface area contributed by atoms with Gasteiger partial charge in [0.1, 0.15) is 12.1 Å². The van der Waals surface area contributed by atoms with Crippen LogP contribution >= 0.6 is 0 Å². The lowest BCUT2D eigenvalue weighted by Crippen LogP contribution is -1.94. The van der Waals surface area contributed by atoms with Crippen LogP contribution in [0.4, 0.5) is 0 Å². The molecule has 3 aromatic rings. The third kappa shape index (κ3) is 3.37. The number of nitriles is 2. The fourth-order valence-electron chi connectivity index (χ4n) is 3.19. The molecule has 26 heavy (non-hydrogen) atoms. The normalized spacial score (nSPS) is 10.2. The Balaban J connectivity index is 2.13. The second-order valence-corrected chi connectivity index (χ2v) is 6.45. The average Bonchev–Trinajstić information content (AvgIpc) is 2.68. The zero-order valence-corrected chi connectivity index (χ0v) is 15.1. The van der Waals surface area contributed by atoms with Crippen molar-refractivity contribution in [3.05, 3.63) is 82.9 Å². The van der Waals surface area contributed by atoms with E-state index in [1.165, 1.54) is 5.56 Å². The highest BCUT2D eigenvalue weighted by Gasteiger charge is 2.15. The smallest absolute Gasteiger partial charge is 0.101 e. The van der Waals surface area contributed by atoms with Gasteiger partial charge in [0.15, 0.2) is 0 Å². The topological polar surface area (TPSA) is 47.6 Å². The Bertz CT molecular complexity index is 998. The lowest BCUT2D eigenvalue weighted by Gasteiger charge is -2.12. The Labute approximate surface area is 155 Å². The number of nitrogens with zero attached hydrogens (tertiary/aromatic N) is 2. The van der Waals surface area contributed by atoms with E-state index >= 15 is 0 Å². The largest absolute Gasteiger partial charge is 0.192 e. The molecule has 0 fully saturated rings. The van der Waals surface area contributed by atoms with Crippen LogP contribution in [0.5, 0.6) is 0 Å². The van der Waals surface area contributed by atoms with Crippen molar-refractivity contribution in [1.29, 1.82) is 10.5 Å². The van der Waals surface area contributed by atoms with E-state index in [1.807, 2.05) is 55.5 Å². The van der Waals surface area contributed by atoms with Gasteiger partial charge in [-0.2, -0.15) is 10.5 Å². The molecule has 3 aromatic carbocycles. The molecule has 0 saturated heterocycles. The summed E-state index contributed by atoms with van der Waals surface area (Å²) >= 11 is 0. The molecule has 0 atom stereocenters. The molecule has 0 unspecified atom stereocenters. The summed E-state index contributed by atoms with van der Waals surface area (Å²) in [6, 6.07) is 24.7. The number of hydrogen-bond donors (Lipinski definition) is 0. The van der Waals surface area contributed by atoms with E-state index in [0.29, 0.717) is 11.1 Å². The van der Waals surface area contributed by atoms with Gasteiger partial charge in [0.05, 0.1) is 11.1 Å². The predicted octanol–water partition coefficient (Wildman–Crippen LogP) is 6.02. The molecular formula is C24H20N2. The third-order valence-corrected chi connectivity index (χ3v) is 4.60. The first kappa shape index (κ1) is 17.5. The zero-order valence-electron chi connectivity index (χ0n) is 15.1. The fraction of sp³-hybridized carbons (Fsp3) is 0.167. The molecule has 0 amide bonds. The maximum absolute atomic E-state index is 9.74. The molecule has 0 heterocycles.